The van der Waals surface area contributed by atoms with Crippen molar-refractivity contribution in [3.05, 3.63) is 0 Å². The highest BCUT2D eigenvalue weighted by atomic mass is 16.5. The second-order valence-corrected chi connectivity index (χ2v) is 3.42. The van der Waals surface area contributed by atoms with Gasteiger partial charge in [-0.2, -0.15) is 0 Å². The number of nitrogens with two attached hydrogens (primary N) is 1. The topological polar surface area (TPSA) is 38.5 Å². The summed E-state index contributed by atoms with van der Waals surface area (Å²) in [4.78, 5) is 2.29. The van der Waals surface area contributed by atoms with Gasteiger partial charge in [-0.15, -0.1) is 0 Å². The lowest BCUT2D eigenvalue weighted by Gasteiger charge is -2.17. The highest BCUT2D eigenvalue weighted by Crippen LogP contribution is 1.92. The van der Waals surface area contributed by atoms with Crippen molar-refractivity contribution in [2.45, 2.75) is 25.8 Å². The minimum absolute atomic E-state index is 0.315. The number of ether oxygens (including phenoxy) is 1. The second-order valence-electron chi connectivity index (χ2n) is 3.42. The first-order valence-corrected chi connectivity index (χ1v) is 4.60. The first kappa shape index (κ1) is 11.9. The zero-order chi connectivity index (χ0) is 9.40. The molecule has 3 heteroatoms. The van der Waals surface area contributed by atoms with E-state index >= 15 is 0 Å². The molecule has 0 aliphatic heterocycles. The number of hydrogen-bond donors (Lipinski definition) is 1. The van der Waals surface area contributed by atoms with Crippen LogP contribution in [0.15, 0.2) is 0 Å². The summed E-state index contributed by atoms with van der Waals surface area (Å²) in [7, 11) is 3.86. The van der Waals surface area contributed by atoms with Gasteiger partial charge in [0, 0.05) is 26.3 Å². The highest BCUT2D eigenvalue weighted by Gasteiger charge is 1.99. The molecule has 0 fully saturated rings. The number of hydrogen-bond acceptors (Lipinski definition) is 3. The zero-order valence-electron chi connectivity index (χ0n) is 8.55. The third-order valence-electron chi connectivity index (χ3n) is 1.85. The van der Waals surface area contributed by atoms with Crippen LogP contribution in [0.25, 0.3) is 0 Å². The Morgan fingerprint density at radius 2 is 2.08 bits per heavy atom. The standard InChI is InChI=1S/C9H22N2O/c1-9(10)5-7-11(2)6-4-8-12-3/h9H,4-8,10H2,1-3H3. The monoisotopic (exact) mass is 174 g/mol. The lowest BCUT2D eigenvalue weighted by molar-refractivity contribution is 0.178. The van der Waals surface area contributed by atoms with Crippen LogP contribution in [0.1, 0.15) is 19.8 Å². The Balaban J connectivity index is 3.15. The molecule has 0 aromatic rings. The Morgan fingerprint density at radius 1 is 1.42 bits per heavy atom. The fourth-order valence-corrected chi connectivity index (χ4v) is 1.01. The molecule has 1 atom stereocenters. The Labute approximate surface area is 75.9 Å². The van der Waals surface area contributed by atoms with E-state index in [0.717, 1.165) is 32.5 Å². The van der Waals surface area contributed by atoms with E-state index in [0.29, 0.717) is 6.04 Å². The van der Waals surface area contributed by atoms with Gasteiger partial charge in [0.1, 0.15) is 0 Å². The third kappa shape index (κ3) is 7.98. The summed E-state index contributed by atoms with van der Waals surface area (Å²) >= 11 is 0. The van der Waals surface area contributed by atoms with Gasteiger partial charge in [-0.3, -0.25) is 0 Å². The fourth-order valence-electron chi connectivity index (χ4n) is 1.01. The summed E-state index contributed by atoms with van der Waals surface area (Å²) in [6.07, 6.45) is 2.18. The van der Waals surface area contributed by atoms with Crippen molar-refractivity contribution in [3.8, 4) is 0 Å². The Kier molecular flexibility index (Phi) is 7.45. The summed E-state index contributed by atoms with van der Waals surface area (Å²) in [5, 5.41) is 0. The predicted molar refractivity (Wildman–Crippen MR) is 52.3 cm³/mol. The van der Waals surface area contributed by atoms with Crippen LogP contribution in [-0.2, 0) is 4.74 Å². The van der Waals surface area contributed by atoms with Crippen LogP contribution >= 0.6 is 0 Å². The van der Waals surface area contributed by atoms with Crippen molar-refractivity contribution in [2.24, 2.45) is 5.73 Å². The quantitative estimate of drug-likeness (QED) is 0.577. The van der Waals surface area contributed by atoms with E-state index in [4.69, 9.17) is 10.5 Å². The molecule has 0 amide bonds. The Bertz CT molecular complexity index is 96.5. The molecule has 12 heavy (non-hydrogen) atoms. The van der Waals surface area contributed by atoms with Gasteiger partial charge in [-0.05, 0) is 33.4 Å². The van der Waals surface area contributed by atoms with Gasteiger partial charge in [0.25, 0.3) is 0 Å². The normalized spacial score (nSPS) is 13.8. The Morgan fingerprint density at radius 3 is 2.58 bits per heavy atom. The minimum atomic E-state index is 0.315. The van der Waals surface area contributed by atoms with E-state index in [2.05, 4.69) is 11.9 Å². The number of rotatable bonds is 7. The van der Waals surface area contributed by atoms with Crippen LogP contribution < -0.4 is 5.73 Å². The average molecular weight is 174 g/mol. The van der Waals surface area contributed by atoms with E-state index in [9.17, 15) is 0 Å². The molecule has 0 saturated heterocycles. The molecule has 0 aliphatic carbocycles. The molecule has 0 spiro atoms. The van der Waals surface area contributed by atoms with Gasteiger partial charge in [0.05, 0.1) is 0 Å². The maximum absolute atomic E-state index is 5.64. The molecule has 2 N–H and O–H groups in total. The van der Waals surface area contributed by atoms with E-state index < -0.39 is 0 Å². The van der Waals surface area contributed by atoms with Crippen LogP contribution in [0.3, 0.4) is 0 Å². The summed E-state index contributed by atoms with van der Waals surface area (Å²) in [6, 6.07) is 0.315. The molecule has 0 aromatic carbocycles. The van der Waals surface area contributed by atoms with Gasteiger partial charge >= 0.3 is 0 Å². The van der Waals surface area contributed by atoms with Crippen molar-refractivity contribution in [3.63, 3.8) is 0 Å². The number of nitrogens with zero attached hydrogens (tertiary/aromatic N) is 1. The molecular weight excluding hydrogens is 152 g/mol. The van der Waals surface area contributed by atoms with Gasteiger partial charge in [-0.1, -0.05) is 0 Å². The third-order valence-corrected chi connectivity index (χ3v) is 1.85. The van der Waals surface area contributed by atoms with Crippen LogP contribution in [-0.4, -0.2) is 44.8 Å². The molecular formula is C9H22N2O. The largest absolute Gasteiger partial charge is 0.385 e. The molecule has 0 heterocycles. The van der Waals surface area contributed by atoms with E-state index in [1.807, 2.05) is 6.92 Å². The summed E-state index contributed by atoms with van der Waals surface area (Å²) in [6.45, 7) is 5.08. The van der Waals surface area contributed by atoms with Gasteiger partial charge < -0.3 is 15.4 Å². The first-order valence-electron chi connectivity index (χ1n) is 4.60. The van der Waals surface area contributed by atoms with Crippen LogP contribution in [0.4, 0.5) is 0 Å². The molecule has 0 bridgehead atoms. The van der Waals surface area contributed by atoms with Crippen LogP contribution in [0, 0.1) is 0 Å². The molecule has 0 aliphatic rings. The number of methoxy groups -OCH3 is 1. The maximum Gasteiger partial charge on any atom is 0.0474 e. The van der Waals surface area contributed by atoms with Crippen molar-refractivity contribution >= 4 is 0 Å². The molecule has 0 rings (SSSR count). The zero-order valence-corrected chi connectivity index (χ0v) is 8.55. The molecule has 0 aromatic heterocycles. The van der Waals surface area contributed by atoms with Gasteiger partial charge in [-0.25, -0.2) is 0 Å². The van der Waals surface area contributed by atoms with E-state index in [-0.39, 0.29) is 0 Å². The van der Waals surface area contributed by atoms with Crippen molar-refractivity contribution in [1.82, 2.24) is 4.90 Å². The van der Waals surface area contributed by atoms with E-state index in [1.54, 1.807) is 7.11 Å². The summed E-state index contributed by atoms with van der Waals surface area (Å²) in [5.74, 6) is 0. The SMILES string of the molecule is COCCCN(C)CCC(C)N. The van der Waals surface area contributed by atoms with Gasteiger partial charge in [0.2, 0.25) is 0 Å². The van der Waals surface area contributed by atoms with Crippen molar-refractivity contribution in [2.75, 3.05) is 33.9 Å². The molecule has 0 saturated carbocycles. The fraction of sp³-hybridized carbons (Fsp3) is 1.00. The second kappa shape index (κ2) is 7.53. The first-order chi connectivity index (χ1) is 5.66. The molecule has 74 valence electrons. The van der Waals surface area contributed by atoms with Crippen LogP contribution in [0.2, 0.25) is 0 Å². The van der Waals surface area contributed by atoms with Gasteiger partial charge in [0.15, 0.2) is 0 Å². The smallest absolute Gasteiger partial charge is 0.0474 e. The van der Waals surface area contributed by atoms with Crippen LogP contribution in [0.5, 0.6) is 0 Å². The molecule has 3 nitrogen and oxygen atoms in total. The molecule has 0 radical (unpaired) electrons. The average Bonchev–Trinajstić information content (AvgIpc) is 2.01. The lowest BCUT2D eigenvalue weighted by atomic mass is 10.2. The maximum atomic E-state index is 5.64. The minimum Gasteiger partial charge on any atom is -0.385 e. The summed E-state index contributed by atoms with van der Waals surface area (Å²) in [5.41, 5.74) is 5.64. The van der Waals surface area contributed by atoms with E-state index in [1.165, 1.54) is 0 Å². The summed E-state index contributed by atoms with van der Waals surface area (Å²) < 4.78 is 4.97. The Hall–Kier alpha value is -0.120. The highest BCUT2D eigenvalue weighted by molar-refractivity contribution is 4.57. The van der Waals surface area contributed by atoms with Crippen molar-refractivity contribution < 1.29 is 4.74 Å². The lowest BCUT2D eigenvalue weighted by Crippen LogP contribution is -2.27. The molecule has 1 unspecified atom stereocenters. The predicted octanol–water partition coefficient (Wildman–Crippen LogP) is 0.692. The van der Waals surface area contributed by atoms with Crippen molar-refractivity contribution in [1.29, 1.82) is 0 Å².